The lowest BCUT2D eigenvalue weighted by Gasteiger charge is -2.04. The molecule has 3 aromatic rings. The molecule has 0 spiro atoms. The van der Waals surface area contributed by atoms with Crippen molar-refractivity contribution in [3.8, 4) is 6.07 Å². The lowest BCUT2D eigenvalue weighted by molar-refractivity contribution is -0.142. The summed E-state index contributed by atoms with van der Waals surface area (Å²) >= 11 is 1.45. The zero-order valence-corrected chi connectivity index (χ0v) is 17.6. The molecular weight excluding hydrogens is 412 g/mol. The number of amides is 1. The summed E-state index contributed by atoms with van der Waals surface area (Å²) < 4.78 is 5.02. The molecule has 1 aliphatic rings. The first-order valence-corrected chi connectivity index (χ1v) is 10.9. The summed E-state index contributed by atoms with van der Waals surface area (Å²) in [5.74, 6) is -1.13. The quantitative estimate of drug-likeness (QED) is 0.371. The monoisotopic (exact) mass is 432 g/mol. The molecule has 0 bridgehead atoms. The number of aryl methyl sites for hydroxylation is 1. The molecule has 1 amide bonds. The molecule has 0 radical (unpaired) electrons. The number of hydrogen-bond donors (Lipinski definition) is 1. The fraction of sp³-hybridized carbons (Fsp3) is 0.261. The highest BCUT2D eigenvalue weighted by Gasteiger charge is 2.21. The van der Waals surface area contributed by atoms with Crippen LogP contribution in [0.3, 0.4) is 0 Å². The first-order chi connectivity index (χ1) is 15.1. The van der Waals surface area contributed by atoms with Gasteiger partial charge in [-0.3, -0.25) is 9.78 Å². The summed E-state index contributed by atoms with van der Waals surface area (Å²) in [7, 11) is 0. The molecular formula is C23H20N4O3S. The van der Waals surface area contributed by atoms with Crippen molar-refractivity contribution >= 4 is 45.3 Å². The van der Waals surface area contributed by atoms with Gasteiger partial charge in [0, 0.05) is 11.0 Å². The number of hydrogen-bond acceptors (Lipinski definition) is 7. The number of esters is 1. The maximum Gasteiger partial charge on any atom is 0.331 e. The third-order valence-electron chi connectivity index (χ3n) is 4.99. The van der Waals surface area contributed by atoms with Gasteiger partial charge in [0.1, 0.15) is 11.1 Å². The molecule has 1 aliphatic carbocycles. The number of carbonyl (C=O) groups is 2. The summed E-state index contributed by atoms with van der Waals surface area (Å²) in [6.45, 7) is -0.431. The van der Waals surface area contributed by atoms with Gasteiger partial charge >= 0.3 is 5.97 Å². The van der Waals surface area contributed by atoms with Gasteiger partial charge in [-0.1, -0.05) is 18.6 Å². The fourth-order valence-corrected chi connectivity index (χ4v) is 4.76. The van der Waals surface area contributed by atoms with Crippen LogP contribution in [0.1, 0.15) is 41.0 Å². The molecule has 1 aromatic carbocycles. The predicted octanol–water partition coefficient (Wildman–Crippen LogP) is 4.03. The molecule has 0 unspecified atom stereocenters. The maximum absolute atomic E-state index is 12.2. The predicted molar refractivity (Wildman–Crippen MR) is 118 cm³/mol. The highest BCUT2D eigenvalue weighted by atomic mass is 32.1. The van der Waals surface area contributed by atoms with Gasteiger partial charge in [-0.2, -0.15) is 5.26 Å². The number of carbonyl (C=O) groups excluding carboxylic acids is 2. The second kappa shape index (κ2) is 9.49. The number of anilines is 1. The van der Waals surface area contributed by atoms with Crippen molar-refractivity contribution in [1.82, 2.24) is 9.97 Å². The molecule has 0 fully saturated rings. The van der Waals surface area contributed by atoms with Crippen molar-refractivity contribution < 1.29 is 14.3 Å². The highest BCUT2D eigenvalue weighted by molar-refractivity contribution is 7.16. The molecule has 156 valence electrons. The molecule has 0 saturated heterocycles. The summed E-state index contributed by atoms with van der Waals surface area (Å²) in [6.07, 6.45) is 9.35. The number of para-hydroxylation sites is 2. The number of fused-ring (bicyclic) bond motifs is 2. The summed E-state index contributed by atoms with van der Waals surface area (Å²) in [4.78, 5) is 34.1. The highest BCUT2D eigenvalue weighted by Crippen LogP contribution is 2.36. The smallest absolute Gasteiger partial charge is 0.331 e. The van der Waals surface area contributed by atoms with Crippen molar-refractivity contribution in [2.75, 3.05) is 11.9 Å². The van der Waals surface area contributed by atoms with Gasteiger partial charge in [-0.25, -0.2) is 9.78 Å². The van der Waals surface area contributed by atoms with Crippen LogP contribution >= 0.6 is 11.3 Å². The van der Waals surface area contributed by atoms with Crippen molar-refractivity contribution in [1.29, 1.82) is 5.26 Å². The van der Waals surface area contributed by atoms with Crippen LogP contribution in [0.15, 0.2) is 36.5 Å². The molecule has 2 heterocycles. The van der Waals surface area contributed by atoms with E-state index in [9.17, 15) is 14.9 Å². The van der Waals surface area contributed by atoms with Crippen LogP contribution in [0.5, 0.6) is 0 Å². The van der Waals surface area contributed by atoms with Gasteiger partial charge in [0.2, 0.25) is 0 Å². The second-order valence-corrected chi connectivity index (χ2v) is 8.26. The van der Waals surface area contributed by atoms with Gasteiger partial charge in [-0.05, 0) is 49.5 Å². The van der Waals surface area contributed by atoms with Crippen molar-refractivity contribution in [3.05, 3.63) is 58.2 Å². The number of thiophene rings is 1. The van der Waals surface area contributed by atoms with Crippen LogP contribution < -0.4 is 5.32 Å². The van der Waals surface area contributed by atoms with Gasteiger partial charge in [0.05, 0.1) is 28.5 Å². The Morgan fingerprint density at radius 3 is 2.84 bits per heavy atom. The topological polar surface area (TPSA) is 105 Å². The summed E-state index contributed by atoms with van der Waals surface area (Å²) in [5.41, 5.74) is 3.59. The summed E-state index contributed by atoms with van der Waals surface area (Å²) in [5, 5.41) is 12.8. The molecule has 31 heavy (non-hydrogen) atoms. The van der Waals surface area contributed by atoms with E-state index in [0.717, 1.165) is 48.7 Å². The van der Waals surface area contributed by atoms with E-state index < -0.39 is 18.5 Å². The number of rotatable bonds is 5. The van der Waals surface area contributed by atoms with E-state index in [1.807, 2.05) is 24.3 Å². The maximum atomic E-state index is 12.2. The van der Waals surface area contributed by atoms with Crippen LogP contribution in [0, 0.1) is 11.3 Å². The van der Waals surface area contributed by atoms with Gasteiger partial charge in [0.25, 0.3) is 5.91 Å². The van der Waals surface area contributed by atoms with Gasteiger partial charge in [0.15, 0.2) is 6.61 Å². The molecule has 8 heteroatoms. The molecule has 2 aromatic heterocycles. The summed E-state index contributed by atoms with van der Waals surface area (Å²) in [6, 6.07) is 9.64. The molecule has 0 saturated carbocycles. The van der Waals surface area contributed by atoms with E-state index in [4.69, 9.17) is 4.74 Å². The number of aromatic nitrogens is 2. The Hall–Kier alpha value is -3.57. The Balaban J connectivity index is 1.34. The van der Waals surface area contributed by atoms with Crippen LogP contribution in [0.2, 0.25) is 0 Å². The Kier molecular flexibility index (Phi) is 6.34. The van der Waals surface area contributed by atoms with Crippen molar-refractivity contribution in [2.24, 2.45) is 0 Å². The largest absolute Gasteiger partial charge is 0.452 e. The molecule has 4 rings (SSSR count). The number of nitrogens with one attached hydrogen (secondary N) is 1. The molecule has 0 atom stereocenters. The second-order valence-electron chi connectivity index (χ2n) is 7.15. The van der Waals surface area contributed by atoms with E-state index in [1.54, 1.807) is 6.20 Å². The standard InChI is InChI=1S/C23H20N4O3S/c24-12-17-16-6-2-1-3-9-20(16)31-23(17)27-21(28)14-30-22(29)11-10-15-13-25-18-7-4-5-8-19(18)26-15/h4-5,7-8,10-11,13H,1-3,6,9,14H2,(H,27,28)/b11-10+. The molecule has 1 N–H and O–H groups in total. The van der Waals surface area contributed by atoms with E-state index >= 15 is 0 Å². The number of ether oxygens (including phenoxy) is 1. The fourth-order valence-electron chi connectivity index (χ4n) is 3.50. The minimum absolute atomic E-state index is 0.431. The molecule has 7 nitrogen and oxygen atoms in total. The Labute approximate surface area is 183 Å². The van der Waals surface area contributed by atoms with Crippen LogP contribution in [-0.2, 0) is 27.2 Å². The van der Waals surface area contributed by atoms with E-state index in [2.05, 4.69) is 21.4 Å². The molecule has 0 aliphatic heterocycles. The first-order valence-electron chi connectivity index (χ1n) is 10.0. The zero-order valence-electron chi connectivity index (χ0n) is 16.8. The van der Waals surface area contributed by atoms with Crippen LogP contribution in [0.4, 0.5) is 5.00 Å². The van der Waals surface area contributed by atoms with Crippen LogP contribution in [-0.4, -0.2) is 28.5 Å². The average molecular weight is 433 g/mol. The van der Waals surface area contributed by atoms with Gasteiger partial charge < -0.3 is 10.1 Å². The minimum Gasteiger partial charge on any atom is -0.452 e. The lowest BCUT2D eigenvalue weighted by atomic mass is 10.1. The minimum atomic E-state index is -0.660. The van der Waals surface area contributed by atoms with Crippen molar-refractivity contribution in [2.45, 2.75) is 32.1 Å². The Bertz CT molecular complexity index is 1210. The van der Waals surface area contributed by atoms with E-state index in [1.165, 1.54) is 28.4 Å². The zero-order chi connectivity index (χ0) is 21.6. The SMILES string of the molecule is N#Cc1c(NC(=O)COC(=O)/C=C/c2cnc3ccccc3n2)sc2c1CCCCC2. The third kappa shape index (κ3) is 4.95. The Morgan fingerprint density at radius 1 is 1.19 bits per heavy atom. The van der Waals surface area contributed by atoms with Gasteiger partial charge in [-0.15, -0.1) is 11.3 Å². The van der Waals surface area contributed by atoms with E-state index in [-0.39, 0.29) is 0 Å². The number of nitrogens with zero attached hydrogens (tertiary/aromatic N) is 3. The first kappa shape index (κ1) is 20.7. The van der Waals surface area contributed by atoms with E-state index in [0.29, 0.717) is 16.3 Å². The third-order valence-corrected chi connectivity index (χ3v) is 6.20. The number of nitriles is 1. The van der Waals surface area contributed by atoms with Crippen LogP contribution in [0.25, 0.3) is 17.1 Å². The number of benzene rings is 1. The average Bonchev–Trinajstić information content (AvgIpc) is 2.94. The van der Waals surface area contributed by atoms with Crippen molar-refractivity contribution in [3.63, 3.8) is 0 Å². The lowest BCUT2D eigenvalue weighted by Crippen LogP contribution is -2.20. The normalized spacial score (nSPS) is 13.4. The Morgan fingerprint density at radius 2 is 2.00 bits per heavy atom.